The average Bonchev–Trinajstić information content (AvgIpc) is 2.92. The van der Waals surface area contributed by atoms with Crippen LogP contribution in [0.25, 0.3) is 10.9 Å². The Hall–Kier alpha value is -1.97. The highest BCUT2D eigenvalue weighted by Gasteiger charge is 2.37. The third-order valence-electron chi connectivity index (χ3n) is 3.71. The molecule has 1 heterocycles. The molecule has 1 amide bonds. The summed E-state index contributed by atoms with van der Waals surface area (Å²) < 4.78 is 0. The van der Waals surface area contributed by atoms with Crippen LogP contribution in [-0.2, 0) is 0 Å². The first-order valence-electron chi connectivity index (χ1n) is 6.23. The van der Waals surface area contributed by atoms with E-state index in [1.54, 1.807) is 0 Å². The van der Waals surface area contributed by atoms with Gasteiger partial charge >= 0.3 is 0 Å². The summed E-state index contributed by atoms with van der Waals surface area (Å²) in [6.07, 6.45) is 2.40. The van der Waals surface area contributed by atoms with Crippen molar-refractivity contribution in [2.24, 2.45) is 5.41 Å². The number of nitrogen functional groups attached to an aromatic ring is 1. The molecule has 4 nitrogen and oxygen atoms in total. The molecular formula is C14H17N3O. The summed E-state index contributed by atoms with van der Waals surface area (Å²) in [5, 5.41) is 3.94. The molecule has 2 aromatic rings. The number of benzene rings is 1. The molecule has 94 valence electrons. The Morgan fingerprint density at radius 2 is 2.28 bits per heavy atom. The summed E-state index contributed by atoms with van der Waals surface area (Å²) in [4.78, 5) is 15.1. The molecule has 0 radical (unpaired) electrons. The molecule has 1 aromatic heterocycles. The lowest BCUT2D eigenvalue weighted by atomic mass is 10.1. The number of carbonyl (C=O) groups excluding carboxylic acids is 1. The molecule has 0 aliphatic heterocycles. The van der Waals surface area contributed by atoms with Crippen LogP contribution < -0.4 is 11.1 Å². The predicted molar refractivity (Wildman–Crippen MR) is 72.4 cm³/mol. The lowest BCUT2D eigenvalue weighted by Crippen LogP contribution is -2.29. The average molecular weight is 243 g/mol. The van der Waals surface area contributed by atoms with Crippen molar-refractivity contribution < 1.29 is 4.79 Å². The number of hydrogen-bond donors (Lipinski definition) is 3. The molecule has 1 aliphatic carbocycles. The second kappa shape index (κ2) is 3.77. The van der Waals surface area contributed by atoms with Crippen molar-refractivity contribution in [1.82, 2.24) is 10.3 Å². The lowest BCUT2D eigenvalue weighted by molar-refractivity contribution is 0.0942. The largest absolute Gasteiger partial charge is 0.397 e. The van der Waals surface area contributed by atoms with Crippen LogP contribution in [-0.4, -0.2) is 17.4 Å². The molecular weight excluding hydrogens is 226 g/mol. The predicted octanol–water partition coefficient (Wildman–Crippen LogP) is 2.28. The van der Waals surface area contributed by atoms with Crippen molar-refractivity contribution in [3.8, 4) is 0 Å². The first kappa shape index (κ1) is 11.1. The number of nitrogens with one attached hydrogen (secondary N) is 2. The maximum Gasteiger partial charge on any atom is 0.267 e. The van der Waals surface area contributed by atoms with Crippen LogP contribution in [0.3, 0.4) is 0 Å². The fraction of sp³-hybridized carbons (Fsp3) is 0.357. The van der Waals surface area contributed by atoms with Crippen molar-refractivity contribution >= 4 is 22.5 Å². The summed E-state index contributed by atoms with van der Waals surface area (Å²) in [5.41, 5.74) is 8.26. The van der Waals surface area contributed by atoms with Gasteiger partial charge in [0.15, 0.2) is 0 Å². The second-order valence-corrected chi connectivity index (χ2v) is 5.49. The molecule has 1 fully saturated rings. The molecule has 0 saturated heterocycles. The minimum absolute atomic E-state index is 0.0567. The van der Waals surface area contributed by atoms with Crippen LogP contribution in [0.4, 0.5) is 5.69 Å². The number of aromatic amines is 1. The third-order valence-corrected chi connectivity index (χ3v) is 3.71. The number of para-hydroxylation sites is 1. The number of fused-ring (bicyclic) bond motifs is 1. The standard InChI is InChI=1S/C14H17N3O/c1-14(5-6-14)8-16-13(18)11-7-9-3-2-4-10(15)12(9)17-11/h2-4,7,17H,5-6,8,15H2,1H3,(H,16,18). The van der Waals surface area contributed by atoms with Crippen LogP contribution in [0.1, 0.15) is 30.3 Å². The monoisotopic (exact) mass is 243 g/mol. The summed E-state index contributed by atoms with van der Waals surface area (Å²) in [7, 11) is 0. The Labute approximate surface area is 106 Å². The molecule has 0 atom stereocenters. The molecule has 4 heteroatoms. The van der Waals surface area contributed by atoms with Gasteiger partial charge in [0.05, 0.1) is 11.2 Å². The second-order valence-electron chi connectivity index (χ2n) is 5.49. The summed E-state index contributed by atoms with van der Waals surface area (Å²) in [6, 6.07) is 7.50. The van der Waals surface area contributed by atoms with E-state index < -0.39 is 0 Å². The number of H-pyrrole nitrogens is 1. The van der Waals surface area contributed by atoms with E-state index in [1.165, 1.54) is 12.8 Å². The smallest absolute Gasteiger partial charge is 0.267 e. The van der Waals surface area contributed by atoms with Gasteiger partial charge in [-0.25, -0.2) is 0 Å². The van der Waals surface area contributed by atoms with Crippen LogP contribution in [0, 0.1) is 5.41 Å². The highest BCUT2D eigenvalue weighted by atomic mass is 16.1. The van der Waals surface area contributed by atoms with Gasteiger partial charge in [-0.15, -0.1) is 0 Å². The normalized spacial score (nSPS) is 16.7. The lowest BCUT2D eigenvalue weighted by Gasteiger charge is -2.08. The molecule has 3 rings (SSSR count). The van der Waals surface area contributed by atoms with E-state index in [0.29, 0.717) is 16.8 Å². The van der Waals surface area contributed by atoms with E-state index in [-0.39, 0.29) is 5.91 Å². The molecule has 0 spiro atoms. The van der Waals surface area contributed by atoms with Gasteiger partial charge in [0.2, 0.25) is 0 Å². The number of carbonyl (C=O) groups is 1. The Kier molecular flexibility index (Phi) is 2.33. The molecule has 1 saturated carbocycles. The van der Waals surface area contributed by atoms with E-state index >= 15 is 0 Å². The van der Waals surface area contributed by atoms with Gasteiger partial charge < -0.3 is 16.0 Å². The Morgan fingerprint density at radius 1 is 1.50 bits per heavy atom. The van der Waals surface area contributed by atoms with Gasteiger partial charge in [-0.2, -0.15) is 0 Å². The van der Waals surface area contributed by atoms with Gasteiger partial charge in [-0.1, -0.05) is 19.1 Å². The molecule has 0 bridgehead atoms. The zero-order chi connectivity index (χ0) is 12.8. The minimum atomic E-state index is -0.0567. The van der Waals surface area contributed by atoms with Crippen LogP contribution in [0.2, 0.25) is 0 Å². The topological polar surface area (TPSA) is 70.9 Å². The molecule has 18 heavy (non-hydrogen) atoms. The van der Waals surface area contributed by atoms with Crippen molar-refractivity contribution in [3.63, 3.8) is 0 Å². The number of hydrogen-bond acceptors (Lipinski definition) is 2. The minimum Gasteiger partial charge on any atom is -0.397 e. The summed E-state index contributed by atoms with van der Waals surface area (Å²) in [5.74, 6) is -0.0567. The van der Waals surface area contributed by atoms with Crippen molar-refractivity contribution in [3.05, 3.63) is 30.0 Å². The number of anilines is 1. The van der Waals surface area contributed by atoms with E-state index in [2.05, 4.69) is 17.2 Å². The van der Waals surface area contributed by atoms with Crippen molar-refractivity contribution in [2.75, 3.05) is 12.3 Å². The number of nitrogens with two attached hydrogens (primary N) is 1. The number of rotatable bonds is 3. The van der Waals surface area contributed by atoms with Gasteiger partial charge in [-0.3, -0.25) is 4.79 Å². The maximum absolute atomic E-state index is 12.0. The van der Waals surface area contributed by atoms with Crippen molar-refractivity contribution in [1.29, 1.82) is 0 Å². The summed E-state index contributed by atoms with van der Waals surface area (Å²) in [6.45, 7) is 2.94. The molecule has 4 N–H and O–H groups in total. The zero-order valence-corrected chi connectivity index (χ0v) is 10.4. The first-order chi connectivity index (χ1) is 8.57. The Morgan fingerprint density at radius 3 is 2.94 bits per heavy atom. The molecule has 1 aliphatic rings. The number of amides is 1. The van der Waals surface area contributed by atoms with E-state index in [1.807, 2.05) is 24.3 Å². The van der Waals surface area contributed by atoms with Crippen LogP contribution >= 0.6 is 0 Å². The molecule has 0 unspecified atom stereocenters. The quantitative estimate of drug-likeness (QED) is 0.724. The highest BCUT2D eigenvalue weighted by molar-refractivity contribution is 6.00. The van der Waals surface area contributed by atoms with Crippen LogP contribution in [0.15, 0.2) is 24.3 Å². The fourth-order valence-corrected chi connectivity index (χ4v) is 2.08. The molecule has 1 aromatic carbocycles. The fourth-order valence-electron chi connectivity index (χ4n) is 2.08. The SMILES string of the molecule is CC1(CNC(=O)c2cc3cccc(N)c3[nH]2)CC1. The Bertz CT molecular complexity index is 611. The zero-order valence-electron chi connectivity index (χ0n) is 10.4. The van der Waals surface area contributed by atoms with Gasteiger partial charge in [-0.05, 0) is 30.4 Å². The van der Waals surface area contributed by atoms with Gasteiger partial charge in [0.25, 0.3) is 5.91 Å². The summed E-state index contributed by atoms with van der Waals surface area (Å²) >= 11 is 0. The Balaban J connectivity index is 1.81. The maximum atomic E-state index is 12.0. The van der Waals surface area contributed by atoms with E-state index in [4.69, 9.17) is 5.73 Å². The number of aromatic nitrogens is 1. The van der Waals surface area contributed by atoms with Gasteiger partial charge in [0.1, 0.15) is 5.69 Å². The van der Waals surface area contributed by atoms with Gasteiger partial charge in [0, 0.05) is 11.9 Å². The van der Waals surface area contributed by atoms with E-state index in [0.717, 1.165) is 17.4 Å². The van der Waals surface area contributed by atoms with Crippen molar-refractivity contribution in [2.45, 2.75) is 19.8 Å². The van der Waals surface area contributed by atoms with Crippen LogP contribution in [0.5, 0.6) is 0 Å². The van der Waals surface area contributed by atoms with E-state index in [9.17, 15) is 4.79 Å². The highest BCUT2D eigenvalue weighted by Crippen LogP contribution is 2.44. The first-order valence-corrected chi connectivity index (χ1v) is 6.23. The third kappa shape index (κ3) is 1.94.